The fourth-order valence-corrected chi connectivity index (χ4v) is 5.04. The molecule has 6 nitrogen and oxygen atoms in total. The summed E-state index contributed by atoms with van der Waals surface area (Å²) >= 11 is 1.59. The molecule has 2 aromatic heterocycles. The third kappa shape index (κ3) is 4.25. The fraction of sp³-hybridized carbons (Fsp3) is 0.348. The van der Waals surface area contributed by atoms with Crippen molar-refractivity contribution in [2.24, 2.45) is 5.92 Å². The lowest BCUT2D eigenvalue weighted by molar-refractivity contribution is 0.0148. The van der Waals surface area contributed by atoms with Gasteiger partial charge in [0.15, 0.2) is 5.13 Å². The number of aromatic nitrogens is 2. The zero-order chi connectivity index (χ0) is 21.3. The predicted octanol–water partition coefficient (Wildman–Crippen LogP) is 5.34. The quantitative estimate of drug-likeness (QED) is 0.582. The first-order valence-corrected chi connectivity index (χ1v) is 11.4. The summed E-state index contributed by atoms with van der Waals surface area (Å²) in [5, 5.41) is 6.37. The highest BCUT2D eigenvalue weighted by molar-refractivity contribution is 7.14. The maximum Gasteiger partial charge on any atom is 0.415 e. The molecule has 1 N–H and O–H groups in total. The Kier molecular flexibility index (Phi) is 5.31. The second-order valence-corrected chi connectivity index (χ2v) is 9.05. The van der Waals surface area contributed by atoms with Crippen LogP contribution in [0.4, 0.5) is 20.0 Å². The van der Waals surface area contributed by atoms with Crippen molar-refractivity contribution in [2.45, 2.75) is 31.3 Å². The molecule has 3 aromatic rings. The van der Waals surface area contributed by atoms with E-state index in [4.69, 9.17) is 4.74 Å². The van der Waals surface area contributed by atoms with Gasteiger partial charge in [-0.25, -0.2) is 14.2 Å². The Morgan fingerprint density at radius 2 is 1.97 bits per heavy atom. The van der Waals surface area contributed by atoms with Crippen LogP contribution in [-0.2, 0) is 4.74 Å². The maximum atomic E-state index is 13.2. The lowest BCUT2D eigenvalue weighted by Gasteiger charge is -2.35. The van der Waals surface area contributed by atoms with Gasteiger partial charge in [-0.05, 0) is 68.0 Å². The van der Waals surface area contributed by atoms with Crippen molar-refractivity contribution >= 4 is 28.2 Å². The average Bonchev–Trinajstić information content (AvgIpc) is 3.40. The van der Waals surface area contributed by atoms with Crippen LogP contribution in [0.5, 0.6) is 0 Å². The van der Waals surface area contributed by atoms with Gasteiger partial charge in [0, 0.05) is 23.8 Å². The number of hydrogen-bond acceptors (Lipinski definition) is 6. The molecule has 2 fully saturated rings. The number of hydrogen-bond donors (Lipinski definition) is 1. The van der Waals surface area contributed by atoms with Crippen LogP contribution in [0.15, 0.2) is 54.0 Å². The van der Waals surface area contributed by atoms with E-state index in [9.17, 15) is 9.18 Å². The molecule has 0 radical (unpaired) electrons. The zero-order valence-electron chi connectivity index (χ0n) is 17.0. The number of nitrogens with zero attached hydrogens (tertiary/aromatic N) is 3. The van der Waals surface area contributed by atoms with Gasteiger partial charge in [0.05, 0.1) is 12.2 Å². The molecule has 0 atom stereocenters. The third-order valence-electron chi connectivity index (χ3n) is 6.10. The van der Waals surface area contributed by atoms with E-state index in [1.54, 1.807) is 34.6 Å². The first kappa shape index (κ1) is 19.9. The molecule has 1 saturated carbocycles. The Labute approximate surface area is 184 Å². The minimum Gasteiger partial charge on any atom is -0.441 e. The topological polar surface area (TPSA) is 67.3 Å². The smallest absolute Gasteiger partial charge is 0.415 e. The highest BCUT2D eigenvalue weighted by atomic mass is 32.1. The van der Waals surface area contributed by atoms with E-state index >= 15 is 0 Å². The van der Waals surface area contributed by atoms with Crippen LogP contribution in [0.3, 0.4) is 0 Å². The Morgan fingerprint density at radius 1 is 1.16 bits per heavy atom. The molecule has 31 heavy (non-hydrogen) atoms. The van der Waals surface area contributed by atoms with Gasteiger partial charge in [-0.15, -0.1) is 11.3 Å². The molecule has 0 bridgehead atoms. The molecule has 1 aliphatic heterocycles. The summed E-state index contributed by atoms with van der Waals surface area (Å²) in [7, 11) is 0. The molecule has 8 heteroatoms. The van der Waals surface area contributed by atoms with E-state index < -0.39 is 5.60 Å². The summed E-state index contributed by atoms with van der Waals surface area (Å²) in [6, 6.07) is 11.8. The minimum absolute atomic E-state index is 0.314. The van der Waals surface area contributed by atoms with Crippen molar-refractivity contribution in [3.8, 4) is 11.4 Å². The lowest BCUT2D eigenvalue weighted by Crippen LogP contribution is -2.39. The Bertz CT molecular complexity index is 1050. The van der Waals surface area contributed by atoms with Gasteiger partial charge in [-0.1, -0.05) is 6.07 Å². The van der Waals surface area contributed by atoms with Crippen LogP contribution >= 0.6 is 11.3 Å². The van der Waals surface area contributed by atoms with Crippen molar-refractivity contribution in [3.63, 3.8) is 0 Å². The molecule has 1 aromatic carbocycles. The zero-order valence-corrected chi connectivity index (χ0v) is 17.8. The van der Waals surface area contributed by atoms with E-state index in [-0.39, 0.29) is 11.9 Å². The second kappa shape index (κ2) is 8.26. The normalized spacial score (nSPS) is 23.2. The van der Waals surface area contributed by atoms with Crippen LogP contribution in [0.25, 0.3) is 11.4 Å². The Balaban J connectivity index is 1.15. The highest BCUT2D eigenvalue weighted by Gasteiger charge is 2.47. The first-order valence-electron chi connectivity index (χ1n) is 10.5. The van der Waals surface area contributed by atoms with Gasteiger partial charge in [-0.2, -0.15) is 0 Å². The number of anilines is 2. The molecule has 1 amide bonds. The maximum absolute atomic E-state index is 13.2. The number of thiazole rings is 1. The number of carbonyl (C=O) groups is 1. The standard InChI is InChI=1S/C23H23FN4O2S/c24-17-4-6-18(7-5-17)28-15-23(30-22(28)29)10-8-16(9-11-23)13-26-21-27-20(14-31-21)19-3-1-2-12-25-19/h1-7,12,14,16H,8-11,13,15H2,(H,26,27). The van der Waals surface area contributed by atoms with Crippen LogP contribution in [0.1, 0.15) is 25.7 Å². The highest BCUT2D eigenvalue weighted by Crippen LogP contribution is 2.41. The number of amides is 1. The molecule has 160 valence electrons. The molecule has 5 rings (SSSR count). The molecule has 1 saturated heterocycles. The average molecular weight is 439 g/mol. The van der Waals surface area contributed by atoms with E-state index in [1.165, 1.54) is 12.1 Å². The summed E-state index contributed by atoms with van der Waals surface area (Å²) in [5.41, 5.74) is 2.00. The molecule has 0 unspecified atom stereocenters. The SMILES string of the molecule is O=C1OC2(CCC(CNc3nc(-c4ccccn4)cs3)CC2)CN1c1ccc(F)cc1. The van der Waals surface area contributed by atoms with E-state index in [1.807, 2.05) is 23.6 Å². The monoisotopic (exact) mass is 438 g/mol. The van der Waals surface area contributed by atoms with Gasteiger partial charge >= 0.3 is 6.09 Å². The van der Waals surface area contributed by atoms with Crippen LogP contribution in [0, 0.1) is 11.7 Å². The number of rotatable bonds is 5. The van der Waals surface area contributed by atoms with Gasteiger partial charge in [-0.3, -0.25) is 9.88 Å². The molecular formula is C23H23FN4O2S. The largest absolute Gasteiger partial charge is 0.441 e. The molecule has 1 aliphatic carbocycles. The number of ether oxygens (including phenoxy) is 1. The van der Waals surface area contributed by atoms with Crippen LogP contribution < -0.4 is 10.2 Å². The fourth-order valence-electron chi connectivity index (χ4n) is 4.33. The number of pyridine rings is 1. The summed E-state index contributed by atoms with van der Waals surface area (Å²) in [6.07, 6.45) is 5.06. The van der Waals surface area contributed by atoms with Crippen LogP contribution in [0.2, 0.25) is 0 Å². The van der Waals surface area contributed by atoms with Gasteiger partial charge in [0.1, 0.15) is 17.1 Å². The van der Waals surface area contributed by atoms with E-state index in [0.717, 1.165) is 48.7 Å². The van der Waals surface area contributed by atoms with Crippen molar-refractivity contribution in [1.29, 1.82) is 0 Å². The number of nitrogens with one attached hydrogen (secondary N) is 1. The van der Waals surface area contributed by atoms with Crippen LogP contribution in [-0.4, -0.2) is 34.8 Å². The Morgan fingerprint density at radius 3 is 2.71 bits per heavy atom. The lowest BCUT2D eigenvalue weighted by atomic mass is 9.78. The molecule has 3 heterocycles. The first-order chi connectivity index (χ1) is 15.1. The molecule has 2 aliphatic rings. The van der Waals surface area contributed by atoms with Gasteiger partial charge in [0.2, 0.25) is 0 Å². The van der Waals surface area contributed by atoms with E-state index in [2.05, 4.69) is 15.3 Å². The minimum atomic E-state index is -0.435. The number of benzene rings is 1. The van der Waals surface area contributed by atoms with Crippen molar-refractivity contribution in [1.82, 2.24) is 9.97 Å². The summed E-state index contributed by atoms with van der Waals surface area (Å²) < 4.78 is 19.0. The van der Waals surface area contributed by atoms with E-state index in [0.29, 0.717) is 18.2 Å². The van der Waals surface area contributed by atoms with Crippen molar-refractivity contribution < 1.29 is 13.9 Å². The second-order valence-electron chi connectivity index (χ2n) is 8.19. The summed E-state index contributed by atoms with van der Waals surface area (Å²) in [6.45, 7) is 1.37. The number of halogens is 1. The predicted molar refractivity (Wildman–Crippen MR) is 119 cm³/mol. The molecule has 1 spiro atoms. The van der Waals surface area contributed by atoms with Gasteiger partial charge < -0.3 is 10.1 Å². The summed E-state index contributed by atoms with van der Waals surface area (Å²) in [4.78, 5) is 23.0. The van der Waals surface area contributed by atoms with Crippen molar-refractivity contribution in [2.75, 3.05) is 23.3 Å². The van der Waals surface area contributed by atoms with Gasteiger partial charge in [0.25, 0.3) is 0 Å². The number of carbonyl (C=O) groups excluding carboxylic acids is 1. The Hall–Kier alpha value is -3.00. The molecular weight excluding hydrogens is 415 g/mol. The third-order valence-corrected chi connectivity index (χ3v) is 6.90. The summed E-state index contributed by atoms with van der Waals surface area (Å²) in [5.74, 6) is 0.192. The van der Waals surface area contributed by atoms with Crippen molar-refractivity contribution in [3.05, 3.63) is 59.9 Å².